The predicted octanol–water partition coefficient (Wildman–Crippen LogP) is 2.18. The van der Waals surface area contributed by atoms with Crippen LogP contribution in [0.4, 0.5) is 23.7 Å². The third-order valence-electron chi connectivity index (χ3n) is 2.04. The Bertz CT molecular complexity index is 505. The Morgan fingerprint density at radius 3 is 2.55 bits per heavy atom. The van der Waals surface area contributed by atoms with Gasteiger partial charge in [0.1, 0.15) is 11.8 Å². The number of carbonyl (C=O) groups excluding carboxylic acids is 1. The van der Waals surface area contributed by atoms with Gasteiger partial charge in [-0.3, -0.25) is 4.79 Å². The van der Waals surface area contributed by atoms with Crippen molar-refractivity contribution in [2.24, 2.45) is 0 Å². The fourth-order valence-electron chi connectivity index (χ4n) is 1.20. The number of rotatable bonds is 4. The first-order valence-corrected chi connectivity index (χ1v) is 5.33. The Labute approximate surface area is 111 Å². The number of anilines is 1. The summed E-state index contributed by atoms with van der Waals surface area (Å²) in [6, 6.07) is 2.61. The Hall–Kier alpha value is -2.45. The zero-order valence-electron chi connectivity index (χ0n) is 10.2. The van der Waals surface area contributed by atoms with Crippen molar-refractivity contribution in [2.75, 3.05) is 5.32 Å². The van der Waals surface area contributed by atoms with Gasteiger partial charge in [0.25, 0.3) is 0 Å². The summed E-state index contributed by atoms with van der Waals surface area (Å²) < 4.78 is 39.7. The van der Waals surface area contributed by atoms with Crippen LogP contribution in [0.5, 0.6) is 5.75 Å². The molecule has 0 bridgehead atoms. The molecule has 1 aromatic carbocycles. The van der Waals surface area contributed by atoms with E-state index in [1.54, 1.807) is 0 Å². The number of aliphatic carboxylic acids is 1. The third-order valence-corrected chi connectivity index (χ3v) is 2.04. The molecule has 2 amide bonds. The summed E-state index contributed by atoms with van der Waals surface area (Å²) in [4.78, 5) is 21.9. The number of nitrogens with one attached hydrogen (secondary N) is 2. The number of carboxylic acids is 1. The maximum absolute atomic E-state index is 12.0. The first kappa shape index (κ1) is 15.6. The molecule has 1 rings (SSSR count). The fourth-order valence-corrected chi connectivity index (χ4v) is 1.20. The van der Waals surface area contributed by atoms with Crippen LogP contribution in [0.25, 0.3) is 0 Å². The van der Waals surface area contributed by atoms with E-state index in [4.69, 9.17) is 5.11 Å². The Balaban J connectivity index is 2.66. The molecule has 1 atom stereocenters. The van der Waals surface area contributed by atoms with Crippen molar-refractivity contribution in [3.8, 4) is 5.75 Å². The number of halogens is 3. The number of hydrogen-bond acceptors (Lipinski definition) is 3. The molecule has 3 N–H and O–H groups in total. The topological polar surface area (TPSA) is 87.7 Å². The molecule has 0 radical (unpaired) electrons. The number of urea groups is 1. The van der Waals surface area contributed by atoms with Gasteiger partial charge in [-0.1, -0.05) is 6.07 Å². The summed E-state index contributed by atoms with van der Waals surface area (Å²) in [5.41, 5.74) is 0.0295. The minimum Gasteiger partial charge on any atom is -0.480 e. The molecule has 1 aromatic rings. The summed E-state index contributed by atoms with van der Waals surface area (Å²) in [5.74, 6) is -1.74. The van der Waals surface area contributed by atoms with E-state index in [0.717, 1.165) is 12.1 Å². The summed E-state index contributed by atoms with van der Waals surface area (Å²) in [5, 5.41) is 12.9. The highest BCUT2D eigenvalue weighted by Crippen LogP contribution is 2.24. The van der Waals surface area contributed by atoms with Gasteiger partial charge in [-0.2, -0.15) is 0 Å². The van der Waals surface area contributed by atoms with Crippen molar-refractivity contribution in [1.82, 2.24) is 5.32 Å². The van der Waals surface area contributed by atoms with Crippen LogP contribution in [-0.4, -0.2) is 29.5 Å². The van der Waals surface area contributed by atoms with Crippen LogP contribution in [0, 0.1) is 0 Å². The molecule has 20 heavy (non-hydrogen) atoms. The normalized spacial score (nSPS) is 12.4. The van der Waals surface area contributed by atoms with E-state index in [0.29, 0.717) is 0 Å². The summed E-state index contributed by atoms with van der Waals surface area (Å²) in [6.07, 6.45) is -4.83. The molecule has 0 aliphatic heterocycles. The number of carbonyl (C=O) groups is 2. The number of amides is 2. The predicted molar refractivity (Wildman–Crippen MR) is 62.4 cm³/mol. The molecule has 0 saturated heterocycles. The van der Waals surface area contributed by atoms with Gasteiger partial charge < -0.3 is 20.5 Å². The standard InChI is InChI=1S/C11H11F3N2O4/c1-6(9(17)18)15-10(19)16-7-3-2-4-8(5-7)20-11(12,13)14/h2-6H,1H3,(H,17,18)(H2,15,16,19)/t6-/m1/s1. The van der Waals surface area contributed by atoms with Gasteiger partial charge in [0, 0.05) is 11.8 Å². The van der Waals surface area contributed by atoms with Crippen LogP contribution in [0.1, 0.15) is 6.92 Å². The molecule has 9 heteroatoms. The van der Waals surface area contributed by atoms with Crippen LogP contribution >= 0.6 is 0 Å². The molecule has 0 saturated carbocycles. The van der Waals surface area contributed by atoms with E-state index in [1.165, 1.54) is 19.1 Å². The van der Waals surface area contributed by atoms with Crippen LogP contribution in [-0.2, 0) is 4.79 Å². The summed E-state index contributed by atoms with van der Waals surface area (Å²) >= 11 is 0. The molecule has 6 nitrogen and oxygen atoms in total. The van der Waals surface area contributed by atoms with Crippen molar-refractivity contribution in [2.45, 2.75) is 19.3 Å². The van der Waals surface area contributed by atoms with Crippen molar-refractivity contribution >= 4 is 17.7 Å². The Kier molecular flexibility index (Phi) is 4.78. The minimum absolute atomic E-state index is 0.0295. The fraction of sp³-hybridized carbons (Fsp3) is 0.273. The van der Waals surface area contributed by atoms with Gasteiger partial charge in [-0.25, -0.2) is 4.79 Å². The van der Waals surface area contributed by atoms with Crippen molar-refractivity contribution < 1.29 is 32.6 Å². The maximum atomic E-state index is 12.0. The molecule has 0 heterocycles. The molecule has 110 valence electrons. The van der Waals surface area contributed by atoms with Crippen LogP contribution in [0.2, 0.25) is 0 Å². The molecule has 0 aliphatic carbocycles. The zero-order chi connectivity index (χ0) is 15.3. The Morgan fingerprint density at radius 1 is 1.35 bits per heavy atom. The molecule has 0 aromatic heterocycles. The molecular weight excluding hydrogens is 281 g/mol. The molecule has 0 aliphatic rings. The molecule has 0 fully saturated rings. The van der Waals surface area contributed by atoms with Crippen LogP contribution in [0.15, 0.2) is 24.3 Å². The second-order valence-corrected chi connectivity index (χ2v) is 3.73. The number of hydrogen-bond donors (Lipinski definition) is 3. The second-order valence-electron chi connectivity index (χ2n) is 3.73. The number of alkyl halides is 3. The number of ether oxygens (including phenoxy) is 1. The van der Waals surface area contributed by atoms with E-state index >= 15 is 0 Å². The molecular formula is C11H11F3N2O4. The van der Waals surface area contributed by atoms with E-state index in [-0.39, 0.29) is 5.69 Å². The Morgan fingerprint density at radius 2 is 2.00 bits per heavy atom. The van der Waals surface area contributed by atoms with Crippen molar-refractivity contribution in [1.29, 1.82) is 0 Å². The van der Waals surface area contributed by atoms with Gasteiger partial charge in [0.05, 0.1) is 0 Å². The largest absolute Gasteiger partial charge is 0.573 e. The lowest BCUT2D eigenvalue weighted by atomic mass is 10.3. The monoisotopic (exact) mass is 292 g/mol. The maximum Gasteiger partial charge on any atom is 0.573 e. The molecule has 0 unspecified atom stereocenters. The lowest BCUT2D eigenvalue weighted by Gasteiger charge is -2.12. The molecule has 0 spiro atoms. The van der Waals surface area contributed by atoms with Crippen molar-refractivity contribution in [3.63, 3.8) is 0 Å². The van der Waals surface area contributed by atoms with E-state index < -0.39 is 30.2 Å². The average Bonchev–Trinajstić information content (AvgIpc) is 2.26. The van der Waals surface area contributed by atoms with E-state index in [9.17, 15) is 22.8 Å². The van der Waals surface area contributed by atoms with Crippen LogP contribution < -0.4 is 15.4 Å². The van der Waals surface area contributed by atoms with Gasteiger partial charge >= 0.3 is 18.4 Å². The van der Waals surface area contributed by atoms with Crippen molar-refractivity contribution in [3.05, 3.63) is 24.3 Å². The minimum atomic E-state index is -4.83. The summed E-state index contributed by atoms with van der Waals surface area (Å²) in [6.45, 7) is 1.24. The second kappa shape index (κ2) is 6.13. The van der Waals surface area contributed by atoms with Crippen LogP contribution in [0.3, 0.4) is 0 Å². The van der Waals surface area contributed by atoms with Gasteiger partial charge in [-0.05, 0) is 19.1 Å². The highest BCUT2D eigenvalue weighted by atomic mass is 19.4. The number of carboxylic acid groups (broad SMARTS) is 1. The third kappa shape index (κ3) is 5.46. The lowest BCUT2D eigenvalue weighted by Crippen LogP contribution is -2.40. The summed E-state index contributed by atoms with van der Waals surface area (Å²) in [7, 11) is 0. The zero-order valence-corrected chi connectivity index (χ0v) is 10.2. The highest BCUT2D eigenvalue weighted by Gasteiger charge is 2.31. The highest BCUT2D eigenvalue weighted by molar-refractivity contribution is 5.92. The first-order valence-electron chi connectivity index (χ1n) is 5.33. The number of benzene rings is 1. The quantitative estimate of drug-likeness (QED) is 0.793. The first-order chi connectivity index (χ1) is 9.17. The van der Waals surface area contributed by atoms with E-state index in [1.807, 2.05) is 0 Å². The van der Waals surface area contributed by atoms with E-state index in [2.05, 4.69) is 15.4 Å². The van der Waals surface area contributed by atoms with Gasteiger partial charge in [0.15, 0.2) is 0 Å². The van der Waals surface area contributed by atoms with Gasteiger partial charge in [0.2, 0.25) is 0 Å². The SMILES string of the molecule is C[C@@H](NC(=O)Nc1cccc(OC(F)(F)F)c1)C(=O)O. The lowest BCUT2D eigenvalue weighted by molar-refractivity contribution is -0.274. The van der Waals surface area contributed by atoms with Gasteiger partial charge in [-0.15, -0.1) is 13.2 Å². The average molecular weight is 292 g/mol. The smallest absolute Gasteiger partial charge is 0.480 e.